The Bertz CT molecular complexity index is 1180. The Labute approximate surface area is 212 Å². The topological polar surface area (TPSA) is 106 Å². The molecule has 36 heavy (non-hydrogen) atoms. The second-order valence-corrected chi connectivity index (χ2v) is 8.67. The van der Waals surface area contributed by atoms with E-state index in [1.807, 2.05) is 30.3 Å². The highest BCUT2D eigenvalue weighted by Crippen LogP contribution is 2.43. The van der Waals surface area contributed by atoms with Gasteiger partial charge in [0.1, 0.15) is 11.5 Å². The molecule has 7 nitrogen and oxygen atoms in total. The summed E-state index contributed by atoms with van der Waals surface area (Å²) in [6.07, 6.45) is 6.91. The molecule has 7 heteroatoms. The minimum atomic E-state index is -0.878. The van der Waals surface area contributed by atoms with E-state index >= 15 is 0 Å². The van der Waals surface area contributed by atoms with Gasteiger partial charge in [-0.25, -0.2) is 9.59 Å². The average Bonchev–Trinajstić information content (AvgIpc) is 2.92. The van der Waals surface area contributed by atoms with Crippen molar-refractivity contribution in [1.82, 2.24) is 0 Å². The lowest BCUT2D eigenvalue weighted by Crippen LogP contribution is -2.40. The molecule has 0 spiro atoms. The Morgan fingerprint density at radius 3 is 2.17 bits per heavy atom. The number of anilines is 1. The highest BCUT2D eigenvalue weighted by Gasteiger charge is 2.42. The third-order valence-electron chi connectivity index (χ3n) is 6.37. The zero-order chi connectivity index (χ0) is 26.1. The molecular weight excluding hydrogens is 454 g/mol. The summed E-state index contributed by atoms with van der Waals surface area (Å²) in [6.45, 7) is 2.20. The number of nitriles is 1. The van der Waals surface area contributed by atoms with E-state index in [4.69, 9.17) is 15.2 Å². The highest BCUT2D eigenvalue weighted by molar-refractivity contribution is 6.06. The van der Waals surface area contributed by atoms with Crippen LogP contribution in [0.5, 0.6) is 0 Å². The standard InChI is InChI=1S/C29H33N3O4/c1-4-5-6-7-9-12-20-15-17-22(18-16-20)32-26(29(34)36-3)25(28(33)35-2)24(23(19-30)27(32)31)21-13-10-8-11-14-21/h8,10-11,13-18,24H,4-7,9,12,31H2,1-3H3. The largest absolute Gasteiger partial charge is 0.466 e. The zero-order valence-electron chi connectivity index (χ0n) is 21.1. The summed E-state index contributed by atoms with van der Waals surface area (Å²) in [5, 5.41) is 10.1. The number of benzene rings is 2. The van der Waals surface area contributed by atoms with E-state index in [1.165, 1.54) is 44.8 Å². The van der Waals surface area contributed by atoms with Crippen LogP contribution in [0.15, 0.2) is 77.3 Å². The molecule has 0 amide bonds. The Balaban J connectivity index is 2.10. The van der Waals surface area contributed by atoms with Crippen LogP contribution in [-0.2, 0) is 25.5 Å². The molecule has 0 saturated heterocycles. The maximum Gasteiger partial charge on any atom is 0.355 e. The second kappa shape index (κ2) is 12.6. The Kier molecular flexibility index (Phi) is 9.29. The lowest BCUT2D eigenvalue weighted by molar-refractivity contribution is -0.139. The van der Waals surface area contributed by atoms with Crippen molar-refractivity contribution < 1.29 is 19.1 Å². The molecule has 0 aliphatic carbocycles. The molecule has 0 aromatic heterocycles. The molecule has 1 heterocycles. The molecule has 2 aromatic carbocycles. The summed E-state index contributed by atoms with van der Waals surface area (Å²) in [5.74, 6) is -2.31. The molecule has 0 fully saturated rings. The fourth-order valence-electron chi connectivity index (χ4n) is 4.53. The molecule has 0 saturated carbocycles. The predicted octanol–water partition coefficient (Wildman–Crippen LogP) is 5.10. The quantitative estimate of drug-likeness (QED) is 0.367. The molecule has 188 valence electrons. The van der Waals surface area contributed by atoms with Crippen molar-refractivity contribution in [3.8, 4) is 6.07 Å². The van der Waals surface area contributed by atoms with Gasteiger partial charge < -0.3 is 15.2 Å². The number of esters is 2. The van der Waals surface area contributed by atoms with Gasteiger partial charge in [0.25, 0.3) is 0 Å². The Hall–Kier alpha value is -4.05. The monoisotopic (exact) mass is 487 g/mol. The first-order chi connectivity index (χ1) is 17.5. The number of carbonyl (C=O) groups excluding carboxylic acids is 2. The van der Waals surface area contributed by atoms with E-state index in [0.717, 1.165) is 18.4 Å². The van der Waals surface area contributed by atoms with Crippen molar-refractivity contribution in [3.63, 3.8) is 0 Å². The fraction of sp³-hybridized carbons (Fsp3) is 0.345. The van der Waals surface area contributed by atoms with E-state index in [0.29, 0.717) is 11.3 Å². The number of hydrogen-bond acceptors (Lipinski definition) is 7. The molecule has 1 unspecified atom stereocenters. The van der Waals surface area contributed by atoms with Crippen LogP contribution in [0.25, 0.3) is 0 Å². The zero-order valence-corrected chi connectivity index (χ0v) is 21.1. The van der Waals surface area contributed by atoms with Gasteiger partial charge in [-0.15, -0.1) is 0 Å². The molecule has 1 atom stereocenters. The maximum absolute atomic E-state index is 13.1. The molecule has 1 aliphatic heterocycles. The number of methoxy groups -OCH3 is 2. The maximum atomic E-state index is 13.1. The van der Waals surface area contributed by atoms with Crippen LogP contribution in [0, 0.1) is 11.3 Å². The third kappa shape index (κ3) is 5.60. The average molecular weight is 488 g/mol. The first-order valence-electron chi connectivity index (χ1n) is 12.2. The van der Waals surface area contributed by atoms with E-state index in [1.54, 1.807) is 24.3 Å². The van der Waals surface area contributed by atoms with Crippen LogP contribution in [0.2, 0.25) is 0 Å². The van der Waals surface area contributed by atoms with Crippen molar-refractivity contribution >= 4 is 17.6 Å². The number of allylic oxidation sites excluding steroid dienone is 1. The molecular formula is C29H33N3O4. The Morgan fingerprint density at radius 1 is 0.944 bits per heavy atom. The number of carbonyl (C=O) groups is 2. The summed E-state index contributed by atoms with van der Waals surface area (Å²) in [6, 6.07) is 18.8. The van der Waals surface area contributed by atoms with Gasteiger partial charge in [0.15, 0.2) is 0 Å². The van der Waals surface area contributed by atoms with Gasteiger partial charge >= 0.3 is 11.9 Å². The second-order valence-electron chi connectivity index (χ2n) is 8.67. The van der Waals surface area contributed by atoms with E-state index in [9.17, 15) is 14.9 Å². The van der Waals surface area contributed by atoms with Crippen molar-refractivity contribution in [2.45, 2.75) is 51.4 Å². The first kappa shape index (κ1) is 26.6. The van der Waals surface area contributed by atoms with Crippen LogP contribution >= 0.6 is 0 Å². The van der Waals surface area contributed by atoms with Gasteiger partial charge in [-0.2, -0.15) is 5.26 Å². The van der Waals surface area contributed by atoms with Crippen LogP contribution < -0.4 is 10.6 Å². The van der Waals surface area contributed by atoms with Gasteiger partial charge in [0.05, 0.1) is 37.4 Å². The minimum absolute atomic E-state index is 0.00120. The van der Waals surface area contributed by atoms with Crippen LogP contribution in [0.4, 0.5) is 5.69 Å². The van der Waals surface area contributed by atoms with Gasteiger partial charge in [0.2, 0.25) is 0 Å². The lowest BCUT2D eigenvalue weighted by Gasteiger charge is -2.36. The molecule has 0 bridgehead atoms. The summed E-state index contributed by atoms with van der Waals surface area (Å²) in [5.41, 5.74) is 8.96. The van der Waals surface area contributed by atoms with Crippen molar-refractivity contribution in [3.05, 3.63) is 88.4 Å². The normalized spacial score (nSPS) is 15.5. The van der Waals surface area contributed by atoms with Gasteiger partial charge in [-0.3, -0.25) is 4.90 Å². The van der Waals surface area contributed by atoms with Crippen molar-refractivity contribution in [2.75, 3.05) is 19.1 Å². The van der Waals surface area contributed by atoms with Crippen LogP contribution in [0.3, 0.4) is 0 Å². The first-order valence-corrected chi connectivity index (χ1v) is 12.2. The minimum Gasteiger partial charge on any atom is -0.466 e. The summed E-state index contributed by atoms with van der Waals surface area (Å²) in [7, 11) is 2.47. The smallest absolute Gasteiger partial charge is 0.355 e. The molecule has 3 rings (SSSR count). The van der Waals surface area contributed by atoms with Crippen LogP contribution in [0.1, 0.15) is 56.1 Å². The van der Waals surface area contributed by atoms with Crippen molar-refractivity contribution in [2.24, 2.45) is 5.73 Å². The number of nitrogens with two attached hydrogens (primary N) is 1. The molecule has 2 aromatic rings. The van der Waals surface area contributed by atoms with Crippen LogP contribution in [-0.4, -0.2) is 26.2 Å². The van der Waals surface area contributed by atoms with Gasteiger partial charge in [-0.1, -0.05) is 75.1 Å². The number of ether oxygens (including phenoxy) is 2. The van der Waals surface area contributed by atoms with E-state index in [-0.39, 0.29) is 22.7 Å². The van der Waals surface area contributed by atoms with E-state index < -0.39 is 17.9 Å². The number of rotatable bonds is 10. The summed E-state index contributed by atoms with van der Waals surface area (Å²) < 4.78 is 10.1. The number of nitrogens with zero attached hydrogens (tertiary/aromatic N) is 2. The fourth-order valence-corrected chi connectivity index (χ4v) is 4.53. The number of unbranched alkanes of at least 4 members (excludes halogenated alkanes) is 4. The summed E-state index contributed by atoms with van der Waals surface area (Å²) in [4.78, 5) is 27.6. The third-order valence-corrected chi connectivity index (χ3v) is 6.37. The number of hydrogen-bond donors (Lipinski definition) is 1. The molecule has 0 radical (unpaired) electrons. The van der Waals surface area contributed by atoms with Crippen molar-refractivity contribution in [1.29, 1.82) is 5.26 Å². The molecule has 1 aliphatic rings. The van der Waals surface area contributed by atoms with Gasteiger partial charge in [-0.05, 0) is 36.1 Å². The Morgan fingerprint density at radius 2 is 1.58 bits per heavy atom. The van der Waals surface area contributed by atoms with Gasteiger partial charge in [0, 0.05) is 5.69 Å². The van der Waals surface area contributed by atoms with E-state index in [2.05, 4.69) is 13.0 Å². The summed E-state index contributed by atoms with van der Waals surface area (Å²) >= 11 is 0. The highest BCUT2D eigenvalue weighted by atomic mass is 16.5. The SMILES string of the molecule is CCCCCCCc1ccc(N2C(N)=C(C#N)C(c3ccccc3)C(C(=O)OC)=C2C(=O)OC)cc1. The number of aryl methyl sites for hydroxylation is 1. The lowest BCUT2D eigenvalue weighted by atomic mass is 9.81. The molecule has 2 N–H and O–H groups in total. The predicted molar refractivity (Wildman–Crippen MR) is 138 cm³/mol.